The molecule has 0 saturated carbocycles. The lowest BCUT2D eigenvalue weighted by Gasteiger charge is -2.10. The number of anilines is 1. The highest BCUT2D eigenvalue weighted by molar-refractivity contribution is 7.80. The quantitative estimate of drug-likeness (QED) is 0.626. The van der Waals surface area contributed by atoms with Crippen LogP contribution in [-0.2, 0) is 24.8 Å². The minimum Gasteiger partial charge on any atom is -0.465 e. The van der Waals surface area contributed by atoms with E-state index >= 15 is 0 Å². The number of rotatable bonds is 5. The zero-order valence-electron chi connectivity index (χ0n) is 14.5. The molecule has 2 aromatic rings. The molecule has 0 bridgehead atoms. The van der Waals surface area contributed by atoms with Gasteiger partial charge in [-0.1, -0.05) is 6.92 Å². The summed E-state index contributed by atoms with van der Waals surface area (Å²) < 4.78 is 6.73. The number of aromatic nitrogens is 2. The SMILES string of the molecule is CCc1c(C)sc(NC(=S)NCc2cc(C)n(C)n2)c1C(=O)OC. The summed E-state index contributed by atoms with van der Waals surface area (Å²) in [5, 5.41) is 11.8. The second-order valence-corrected chi connectivity index (χ2v) is 7.03. The molecule has 0 aromatic carbocycles. The molecule has 8 heteroatoms. The van der Waals surface area contributed by atoms with Crippen LogP contribution in [0.4, 0.5) is 5.00 Å². The van der Waals surface area contributed by atoms with E-state index in [-0.39, 0.29) is 5.97 Å². The van der Waals surface area contributed by atoms with Crippen molar-refractivity contribution in [1.29, 1.82) is 0 Å². The Balaban J connectivity index is 2.09. The number of hydrogen-bond acceptors (Lipinski definition) is 5. The lowest BCUT2D eigenvalue weighted by Crippen LogP contribution is -2.28. The van der Waals surface area contributed by atoms with Gasteiger partial charge in [-0.2, -0.15) is 5.10 Å². The van der Waals surface area contributed by atoms with Crippen LogP contribution in [0.25, 0.3) is 0 Å². The van der Waals surface area contributed by atoms with Gasteiger partial charge in [-0.15, -0.1) is 11.3 Å². The maximum atomic E-state index is 12.1. The van der Waals surface area contributed by atoms with E-state index in [1.807, 2.05) is 38.6 Å². The average Bonchev–Trinajstić information content (AvgIpc) is 3.03. The Bertz CT molecular complexity index is 745. The molecule has 0 amide bonds. The number of methoxy groups -OCH3 is 1. The number of nitrogens with one attached hydrogen (secondary N) is 2. The van der Waals surface area contributed by atoms with Crippen LogP contribution in [0, 0.1) is 13.8 Å². The number of esters is 1. The van der Waals surface area contributed by atoms with E-state index < -0.39 is 0 Å². The molecule has 2 aromatic heterocycles. The van der Waals surface area contributed by atoms with Crippen molar-refractivity contribution >= 4 is 39.6 Å². The highest BCUT2D eigenvalue weighted by Gasteiger charge is 2.22. The zero-order chi connectivity index (χ0) is 17.9. The van der Waals surface area contributed by atoms with Crippen LogP contribution in [0.3, 0.4) is 0 Å². The molecular weight excluding hydrogens is 344 g/mol. The van der Waals surface area contributed by atoms with E-state index in [1.54, 1.807) is 0 Å². The lowest BCUT2D eigenvalue weighted by atomic mass is 10.1. The summed E-state index contributed by atoms with van der Waals surface area (Å²) in [6.45, 7) is 6.53. The summed E-state index contributed by atoms with van der Waals surface area (Å²) in [6, 6.07) is 2.00. The summed E-state index contributed by atoms with van der Waals surface area (Å²) in [6.07, 6.45) is 0.766. The van der Waals surface area contributed by atoms with E-state index in [1.165, 1.54) is 18.4 Å². The molecule has 0 spiro atoms. The second-order valence-electron chi connectivity index (χ2n) is 5.39. The van der Waals surface area contributed by atoms with Crippen LogP contribution < -0.4 is 10.6 Å². The number of hydrogen-bond donors (Lipinski definition) is 2. The molecule has 0 fully saturated rings. The molecule has 2 rings (SSSR count). The fourth-order valence-corrected chi connectivity index (χ4v) is 3.83. The third-order valence-electron chi connectivity index (χ3n) is 3.77. The van der Waals surface area contributed by atoms with E-state index in [9.17, 15) is 4.79 Å². The molecule has 0 aliphatic carbocycles. The van der Waals surface area contributed by atoms with Gasteiger partial charge < -0.3 is 15.4 Å². The molecule has 2 heterocycles. The summed E-state index contributed by atoms with van der Waals surface area (Å²) in [7, 11) is 3.29. The van der Waals surface area contributed by atoms with Gasteiger partial charge >= 0.3 is 5.97 Å². The first kappa shape index (κ1) is 18.4. The van der Waals surface area contributed by atoms with Crippen molar-refractivity contribution in [2.45, 2.75) is 33.7 Å². The van der Waals surface area contributed by atoms with Crippen LogP contribution in [0.1, 0.15) is 39.1 Å². The van der Waals surface area contributed by atoms with Gasteiger partial charge in [-0.25, -0.2) is 4.79 Å². The minimum atomic E-state index is -0.346. The van der Waals surface area contributed by atoms with Crippen molar-refractivity contribution in [2.75, 3.05) is 12.4 Å². The molecule has 0 aliphatic rings. The first-order chi connectivity index (χ1) is 11.4. The maximum Gasteiger partial charge on any atom is 0.341 e. The zero-order valence-corrected chi connectivity index (χ0v) is 16.2. The highest BCUT2D eigenvalue weighted by Crippen LogP contribution is 2.33. The van der Waals surface area contributed by atoms with Gasteiger partial charge in [-0.3, -0.25) is 4.68 Å². The van der Waals surface area contributed by atoms with Crippen molar-refractivity contribution in [3.05, 3.63) is 33.5 Å². The Kier molecular flexibility index (Phi) is 5.95. The Morgan fingerprint density at radius 3 is 2.71 bits per heavy atom. The van der Waals surface area contributed by atoms with Crippen LogP contribution >= 0.6 is 23.6 Å². The van der Waals surface area contributed by atoms with Gasteiger partial charge in [0.05, 0.1) is 24.9 Å². The lowest BCUT2D eigenvalue weighted by molar-refractivity contribution is 0.0601. The van der Waals surface area contributed by atoms with Crippen molar-refractivity contribution in [2.24, 2.45) is 7.05 Å². The number of thiophene rings is 1. The molecule has 0 radical (unpaired) electrons. The van der Waals surface area contributed by atoms with Crippen molar-refractivity contribution in [3.63, 3.8) is 0 Å². The number of ether oxygens (including phenoxy) is 1. The number of carbonyl (C=O) groups excluding carboxylic acids is 1. The van der Waals surface area contributed by atoms with Crippen LogP contribution in [-0.4, -0.2) is 28.0 Å². The predicted octanol–water partition coefficient (Wildman–Crippen LogP) is 2.93. The van der Waals surface area contributed by atoms with Gasteiger partial charge in [0.2, 0.25) is 0 Å². The Labute approximate surface area is 151 Å². The first-order valence-corrected chi connectivity index (χ1v) is 8.84. The van der Waals surface area contributed by atoms with Crippen LogP contribution in [0.15, 0.2) is 6.07 Å². The third kappa shape index (κ3) is 3.93. The fourth-order valence-electron chi connectivity index (χ4n) is 2.45. The summed E-state index contributed by atoms with van der Waals surface area (Å²) in [4.78, 5) is 13.2. The Morgan fingerprint density at radius 2 is 2.17 bits per heavy atom. The standard InChI is InChI=1S/C16H22N4O2S2/c1-6-12-10(3)24-14(13(12)15(21)22-5)18-16(23)17-8-11-7-9(2)20(4)19-11/h7H,6,8H2,1-5H3,(H2,17,18,23). The van der Waals surface area contributed by atoms with E-state index in [0.717, 1.165) is 28.2 Å². The van der Waals surface area contributed by atoms with E-state index in [2.05, 4.69) is 15.7 Å². The summed E-state index contributed by atoms with van der Waals surface area (Å²) >= 11 is 6.85. The summed E-state index contributed by atoms with van der Waals surface area (Å²) in [5.41, 5.74) is 3.56. The molecule has 130 valence electrons. The number of aryl methyl sites for hydroxylation is 3. The number of nitrogens with zero attached hydrogens (tertiary/aromatic N) is 2. The van der Waals surface area contributed by atoms with E-state index in [4.69, 9.17) is 17.0 Å². The number of thiocarbonyl (C=S) groups is 1. The Hall–Kier alpha value is -1.93. The smallest absolute Gasteiger partial charge is 0.341 e. The normalized spacial score (nSPS) is 10.5. The monoisotopic (exact) mass is 366 g/mol. The topological polar surface area (TPSA) is 68.2 Å². The first-order valence-electron chi connectivity index (χ1n) is 7.62. The van der Waals surface area contributed by atoms with Gasteiger partial charge in [-0.05, 0) is 44.1 Å². The van der Waals surface area contributed by atoms with Crippen LogP contribution in [0.5, 0.6) is 0 Å². The molecule has 0 atom stereocenters. The van der Waals surface area contributed by atoms with Gasteiger partial charge in [0.25, 0.3) is 0 Å². The average molecular weight is 367 g/mol. The van der Waals surface area contributed by atoms with Crippen molar-refractivity contribution in [3.8, 4) is 0 Å². The third-order valence-corrected chi connectivity index (χ3v) is 5.08. The van der Waals surface area contributed by atoms with Gasteiger partial charge in [0.1, 0.15) is 5.00 Å². The summed E-state index contributed by atoms with van der Waals surface area (Å²) in [5.74, 6) is -0.346. The highest BCUT2D eigenvalue weighted by atomic mass is 32.1. The van der Waals surface area contributed by atoms with E-state index in [0.29, 0.717) is 22.2 Å². The fraction of sp³-hybridized carbons (Fsp3) is 0.438. The molecule has 2 N–H and O–H groups in total. The van der Waals surface area contributed by atoms with Gasteiger partial charge in [0.15, 0.2) is 5.11 Å². The largest absolute Gasteiger partial charge is 0.465 e. The van der Waals surface area contributed by atoms with Crippen molar-refractivity contribution < 1.29 is 9.53 Å². The molecule has 6 nitrogen and oxygen atoms in total. The minimum absolute atomic E-state index is 0.346. The molecule has 0 saturated heterocycles. The van der Waals surface area contributed by atoms with Crippen molar-refractivity contribution in [1.82, 2.24) is 15.1 Å². The number of carbonyl (C=O) groups is 1. The molecule has 0 aliphatic heterocycles. The van der Waals surface area contributed by atoms with Gasteiger partial charge in [0, 0.05) is 17.6 Å². The van der Waals surface area contributed by atoms with Crippen LogP contribution in [0.2, 0.25) is 0 Å². The second kappa shape index (κ2) is 7.76. The molecular formula is C16H22N4O2S2. The molecule has 0 unspecified atom stereocenters. The Morgan fingerprint density at radius 1 is 1.46 bits per heavy atom. The molecule has 24 heavy (non-hydrogen) atoms. The predicted molar refractivity (Wildman–Crippen MR) is 101 cm³/mol. The maximum absolute atomic E-state index is 12.1.